The van der Waals surface area contributed by atoms with Crippen molar-refractivity contribution in [3.63, 3.8) is 0 Å². The van der Waals surface area contributed by atoms with Crippen LogP contribution >= 0.6 is 0 Å². The second-order valence-electron chi connectivity index (χ2n) is 3.82. The van der Waals surface area contributed by atoms with E-state index in [0.29, 0.717) is 0 Å². The average molecular weight is 226 g/mol. The van der Waals surface area contributed by atoms with Gasteiger partial charge in [0.2, 0.25) is 0 Å². The number of nitrogens with zero attached hydrogens (tertiary/aromatic N) is 4. The first-order valence-electron chi connectivity index (χ1n) is 5.35. The van der Waals surface area contributed by atoms with Crippen LogP contribution in [0.1, 0.15) is 0 Å². The molecule has 0 aliphatic heterocycles. The molecule has 0 spiro atoms. The van der Waals surface area contributed by atoms with Crippen molar-refractivity contribution < 1.29 is 0 Å². The fourth-order valence-electron chi connectivity index (χ4n) is 1.35. The van der Waals surface area contributed by atoms with Crippen molar-refractivity contribution >= 4 is 17.1 Å². The summed E-state index contributed by atoms with van der Waals surface area (Å²) in [5.74, 6) is 0. The normalized spacial score (nSPS) is 10.7. The predicted molar refractivity (Wildman–Crippen MR) is 69.2 cm³/mol. The van der Waals surface area contributed by atoms with Gasteiger partial charge in [0.05, 0.1) is 11.9 Å². The number of aromatic nitrogens is 1. The second-order valence-corrected chi connectivity index (χ2v) is 3.82. The van der Waals surface area contributed by atoms with Crippen LogP contribution in [0.25, 0.3) is 0 Å². The Hall–Kier alpha value is -2.23. The van der Waals surface area contributed by atoms with Crippen LogP contribution in [0.3, 0.4) is 0 Å². The molecule has 2 rings (SSSR count). The maximum absolute atomic E-state index is 4.14. The third-order valence-corrected chi connectivity index (χ3v) is 2.29. The fraction of sp³-hybridized carbons (Fsp3) is 0.154. The number of benzene rings is 1. The number of hydrogen-bond acceptors (Lipinski definition) is 4. The Balaban J connectivity index is 2.12. The standard InChI is InChI=1S/C13H14N4/c1-17(2)13-7-5-11(6-8-13)15-16-12-4-3-9-14-10-12/h3-10H,1-2H3. The van der Waals surface area contributed by atoms with Crippen LogP contribution in [-0.4, -0.2) is 19.1 Å². The molecular weight excluding hydrogens is 212 g/mol. The van der Waals surface area contributed by atoms with E-state index in [4.69, 9.17) is 0 Å². The molecule has 1 aromatic carbocycles. The lowest BCUT2D eigenvalue weighted by atomic mass is 10.3. The van der Waals surface area contributed by atoms with Gasteiger partial charge in [-0.15, -0.1) is 5.11 Å². The summed E-state index contributed by atoms with van der Waals surface area (Å²) in [6.45, 7) is 0. The van der Waals surface area contributed by atoms with Gasteiger partial charge in [-0.25, -0.2) is 0 Å². The van der Waals surface area contributed by atoms with Crippen LogP contribution in [0.5, 0.6) is 0 Å². The lowest BCUT2D eigenvalue weighted by Gasteiger charge is -2.11. The molecule has 2 aromatic rings. The van der Waals surface area contributed by atoms with E-state index in [-0.39, 0.29) is 0 Å². The van der Waals surface area contributed by atoms with Gasteiger partial charge in [0.25, 0.3) is 0 Å². The van der Waals surface area contributed by atoms with Gasteiger partial charge in [0.15, 0.2) is 0 Å². The zero-order valence-electron chi connectivity index (χ0n) is 9.91. The van der Waals surface area contributed by atoms with E-state index in [1.54, 1.807) is 12.4 Å². The van der Waals surface area contributed by atoms with E-state index in [1.165, 1.54) is 0 Å². The van der Waals surface area contributed by atoms with Crippen LogP contribution in [-0.2, 0) is 0 Å². The first-order chi connectivity index (χ1) is 8.25. The first-order valence-corrected chi connectivity index (χ1v) is 5.35. The van der Waals surface area contributed by atoms with Gasteiger partial charge in [-0.3, -0.25) is 4.98 Å². The molecule has 0 atom stereocenters. The zero-order valence-corrected chi connectivity index (χ0v) is 9.91. The third kappa shape index (κ3) is 3.11. The maximum Gasteiger partial charge on any atom is 0.104 e. The lowest BCUT2D eigenvalue weighted by Crippen LogP contribution is -2.07. The largest absolute Gasteiger partial charge is 0.378 e. The molecule has 0 fully saturated rings. The predicted octanol–water partition coefficient (Wildman–Crippen LogP) is 3.56. The van der Waals surface area contributed by atoms with Crippen LogP contribution in [0, 0.1) is 0 Å². The molecule has 0 N–H and O–H groups in total. The van der Waals surface area contributed by atoms with Crippen LogP contribution in [0.2, 0.25) is 0 Å². The topological polar surface area (TPSA) is 40.9 Å². The van der Waals surface area contributed by atoms with E-state index < -0.39 is 0 Å². The molecule has 1 aromatic heterocycles. The first kappa shape index (κ1) is 11.3. The third-order valence-electron chi connectivity index (χ3n) is 2.29. The quantitative estimate of drug-likeness (QED) is 0.751. The van der Waals surface area contributed by atoms with Crippen LogP contribution in [0.4, 0.5) is 17.1 Å². The van der Waals surface area contributed by atoms with Crippen molar-refractivity contribution in [2.45, 2.75) is 0 Å². The van der Waals surface area contributed by atoms with Gasteiger partial charge >= 0.3 is 0 Å². The highest BCUT2D eigenvalue weighted by atomic mass is 15.1. The van der Waals surface area contributed by atoms with Gasteiger partial charge in [-0.2, -0.15) is 5.11 Å². The second kappa shape index (κ2) is 5.21. The Morgan fingerprint density at radius 1 is 0.941 bits per heavy atom. The number of hydrogen-bond donors (Lipinski definition) is 0. The van der Waals surface area contributed by atoms with Gasteiger partial charge in [-0.05, 0) is 36.4 Å². The summed E-state index contributed by atoms with van der Waals surface area (Å²) in [7, 11) is 4.01. The zero-order chi connectivity index (χ0) is 12.1. The smallest absolute Gasteiger partial charge is 0.104 e. The minimum Gasteiger partial charge on any atom is -0.378 e. The monoisotopic (exact) mass is 226 g/mol. The SMILES string of the molecule is CN(C)c1ccc(N=Nc2cccnc2)cc1. The summed E-state index contributed by atoms with van der Waals surface area (Å²) in [6, 6.07) is 11.6. The lowest BCUT2D eigenvalue weighted by molar-refractivity contribution is 1.13. The molecule has 0 aliphatic rings. The number of rotatable bonds is 3. The van der Waals surface area contributed by atoms with E-state index in [2.05, 4.69) is 15.2 Å². The van der Waals surface area contributed by atoms with Crippen LogP contribution in [0.15, 0.2) is 59.0 Å². The van der Waals surface area contributed by atoms with E-state index in [9.17, 15) is 0 Å². The van der Waals surface area contributed by atoms with Crippen molar-refractivity contribution in [2.75, 3.05) is 19.0 Å². The number of pyridine rings is 1. The maximum atomic E-state index is 4.14. The van der Waals surface area contributed by atoms with Crippen LogP contribution < -0.4 is 4.90 Å². The Morgan fingerprint density at radius 3 is 2.24 bits per heavy atom. The molecule has 0 amide bonds. The number of anilines is 1. The molecule has 0 unspecified atom stereocenters. The van der Waals surface area contributed by atoms with Gasteiger partial charge in [0.1, 0.15) is 5.69 Å². The highest BCUT2D eigenvalue weighted by Crippen LogP contribution is 2.20. The molecule has 0 aliphatic carbocycles. The summed E-state index contributed by atoms with van der Waals surface area (Å²) in [6.07, 6.45) is 3.39. The number of azo groups is 1. The van der Waals surface area contributed by atoms with Crippen molar-refractivity contribution in [3.05, 3.63) is 48.8 Å². The summed E-state index contributed by atoms with van der Waals surface area (Å²) < 4.78 is 0. The highest BCUT2D eigenvalue weighted by molar-refractivity contribution is 5.51. The Kier molecular flexibility index (Phi) is 3.45. The minimum absolute atomic E-state index is 0.754. The summed E-state index contributed by atoms with van der Waals surface area (Å²) in [5.41, 5.74) is 2.73. The minimum atomic E-state index is 0.754. The van der Waals surface area contributed by atoms with Gasteiger partial charge in [0, 0.05) is 26.0 Å². The fourth-order valence-corrected chi connectivity index (χ4v) is 1.35. The molecule has 0 radical (unpaired) electrons. The summed E-state index contributed by atoms with van der Waals surface area (Å²) in [5, 5.41) is 8.24. The molecule has 86 valence electrons. The molecule has 4 heteroatoms. The molecule has 17 heavy (non-hydrogen) atoms. The Labute approximate surface area is 101 Å². The summed E-state index contributed by atoms with van der Waals surface area (Å²) >= 11 is 0. The van der Waals surface area contributed by atoms with E-state index >= 15 is 0 Å². The summed E-state index contributed by atoms with van der Waals surface area (Å²) in [4.78, 5) is 6.02. The molecule has 0 saturated carbocycles. The molecule has 0 saturated heterocycles. The Morgan fingerprint density at radius 2 is 1.65 bits per heavy atom. The molecule has 4 nitrogen and oxygen atoms in total. The van der Waals surface area contributed by atoms with Crippen molar-refractivity contribution in [3.8, 4) is 0 Å². The van der Waals surface area contributed by atoms with Crippen molar-refractivity contribution in [1.82, 2.24) is 4.98 Å². The van der Waals surface area contributed by atoms with Gasteiger partial charge < -0.3 is 4.90 Å². The molecule has 1 heterocycles. The van der Waals surface area contributed by atoms with E-state index in [1.807, 2.05) is 55.4 Å². The highest BCUT2D eigenvalue weighted by Gasteiger charge is 1.94. The van der Waals surface area contributed by atoms with Crippen molar-refractivity contribution in [2.24, 2.45) is 10.2 Å². The van der Waals surface area contributed by atoms with Crippen molar-refractivity contribution in [1.29, 1.82) is 0 Å². The average Bonchev–Trinajstić information content (AvgIpc) is 2.38. The van der Waals surface area contributed by atoms with Gasteiger partial charge in [-0.1, -0.05) is 0 Å². The molecule has 0 bridgehead atoms. The van der Waals surface area contributed by atoms with E-state index in [0.717, 1.165) is 17.1 Å². The molecular formula is C13H14N4. The Bertz CT molecular complexity index is 489.